The minimum absolute atomic E-state index is 0.408. The average molecular weight is 305 g/mol. The van der Waals surface area contributed by atoms with Gasteiger partial charge in [-0.3, -0.25) is 4.98 Å². The van der Waals surface area contributed by atoms with Crippen LogP contribution in [-0.4, -0.2) is 17.6 Å². The van der Waals surface area contributed by atoms with E-state index in [-0.39, 0.29) is 0 Å². The van der Waals surface area contributed by atoms with Gasteiger partial charge in [-0.05, 0) is 29.8 Å². The number of aromatic nitrogens is 1. The van der Waals surface area contributed by atoms with Crippen molar-refractivity contribution in [2.45, 2.75) is 32.9 Å². The highest BCUT2D eigenvalue weighted by Crippen LogP contribution is 2.26. The third kappa shape index (κ3) is 5.03. The van der Waals surface area contributed by atoms with Crippen LogP contribution >= 0.6 is 11.6 Å². The molecule has 1 aromatic heterocycles. The highest BCUT2D eigenvalue weighted by atomic mass is 35.5. The van der Waals surface area contributed by atoms with Crippen molar-refractivity contribution in [1.29, 1.82) is 0 Å². The Labute approximate surface area is 131 Å². The Hall–Kier alpha value is -1.58. The zero-order valence-electron chi connectivity index (χ0n) is 12.5. The second-order valence-corrected chi connectivity index (χ2v) is 5.61. The Morgan fingerprint density at radius 1 is 1.19 bits per heavy atom. The Balaban J connectivity index is 1.97. The van der Waals surface area contributed by atoms with Gasteiger partial charge in [-0.2, -0.15) is 0 Å². The number of hydrogen-bond acceptors (Lipinski definition) is 3. The molecule has 1 aromatic carbocycles. The summed E-state index contributed by atoms with van der Waals surface area (Å²) in [7, 11) is 0. The van der Waals surface area contributed by atoms with Crippen LogP contribution in [0, 0.1) is 0 Å². The molecule has 0 aliphatic carbocycles. The molecule has 0 aliphatic heterocycles. The largest absolute Gasteiger partial charge is 0.493 e. The van der Waals surface area contributed by atoms with Gasteiger partial charge in [0.05, 0.1) is 6.61 Å². The molecule has 0 unspecified atom stereocenters. The molecule has 21 heavy (non-hydrogen) atoms. The van der Waals surface area contributed by atoms with E-state index in [0.717, 1.165) is 22.8 Å². The lowest BCUT2D eigenvalue weighted by molar-refractivity contribution is 0.317. The first kappa shape index (κ1) is 15.8. The number of nitrogens with zero attached hydrogens (tertiary/aromatic N) is 1. The molecule has 0 atom stereocenters. The summed E-state index contributed by atoms with van der Waals surface area (Å²) in [6.07, 6.45) is 4.45. The van der Waals surface area contributed by atoms with E-state index >= 15 is 0 Å². The number of benzene rings is 1. The third-order valence-corrected chi connectivity index (χ3v) is 3.51. The van der Waals surface area contributed by atoms with Crippen LogP contribution in [0.3, 0.4) is 0 Å². The molecule has 1 heterocycles. The molecule has 3 nitrogen and oxygen atoms in total. The molecule has 0 radical (unpaired) electrons. The maximum absolute atomic E-state index is 6.28. The fourth-order valence-corrected chi connectivity index (χ4v) is 2.21. The summed E-state index contributed by atoms with van der Waals surface area (Å²) in [5.74, 6) is 0.852. The molecule has 0 saturated carbocycles. The molecule has 4 heteroatoms. The van der Waals surface area contributed by atoms with Crippen molar-refractivity contribution in [3.05, 3.63) is 58.9 Å². The summed E-state index contributed by atoms with van der Waals surface area (Å²) in [6, 6.07) is 10.2. The number of ether oxygens (including phenoxy) is 1. The van der Waals surface area contributed by atoms with Gasteiger partial charge in [0.2, 0.25) is 0 Å². The minimum atomic E-state index is 0.408. The Morgan fingerprint density at radius 2 is 1.95 bits per heavy atom. The van der Waals surface area contributed by atoms with E-state index in [2.05, 4.69) is 24.1 Å². The molecule has 0 fully saturated rings. The first-order valence-electron chi connectivity index (χ1n) is 7.19. The van der Waals surface area contributed by atoms with Gasteiger partial charge in [0.25, 0.3) is 0 Å². The zero-order valence-corrected chi connectivity index (χ0v) is 13.2. The van der Waals surface area contributed by atoms with Crippen molar-refractivity contribution in [2.75, 3.05) is 6.61 Å². The molecule has 1 N–H and O–H groups in total. The SMILES string of the molecule is CC(C)NCc1c(Cl)cccc1OCCc1ccncc1. The minimum Gasteiger partial charge on any atom is -0.493 e. The van der Waals surface area contributed by atoms with Gasteiger partial charge in [-0.15, -0.1) is 0 Å². The normalized spacial score (nSPS) is 10.9. The van der Waals surface area contributed by atoms with E-state index in [1.54, 1.807) is 12.4 Å². The molecule has 0 amide bonds. The molecule has 2 aromatic rings. The van der Waals surface area contributed by atoms with Crippen LogP contribution < -0.4 is 10.1 Å². The molecular formula is C17H21ClN2O. The summed E-state index contributed by atoms with van der Waals surface area (Å²) in [4.78, 5) is 4.01. The first-order valence-corrected chi connectivity index (χ1v) is 7.57. The van der Waals surface area contributed by atoms with Crippen LogP contribution in [0.5, 0.6) is 5.75 Å². The number of rotatable bonds is 7. The number of pyridine rings is 1. The molecule has 112 valence electrons. The highest BCUT2D eigenvalue weighted by Gasteiger charge is 2.08. The van der Waals surface area contributed by atoms with E-state index in [9.17, 15) is 0 Å². The summed E-state index contributed by atoms with van der Waals surface area (Å²) in [6.45, 7) is 5.56. The second kappa shape index (κ2) is 8.01. The van der Waals surface area contributed by atoms with Crippen LogP contribution in [-0.2, 0) is 13.0 Å². The maximum Gasteiger partial charge on any atom is 0.125 e. The average Bonchev–Trinajstić information content (AvgIpc) is 2.47. The van der Waals surface area contributed by atoms with Crippen LogP contribution in [0.1, 0.15) is 25.0 Å². The van der Waals surface area contributed by atoms with Gasteiger partial charge in [-0.1, -0.05) is 31.5 Å². The predicted molar refractivity (Wildman–Crippen MR) is 86.9 cm³/mol. The Bertz CT molecular complexity index is 558. The van der Waals surface area contributed by atoms with Gasteiger partial charge in [0, 0.05) is 42.0 Å². The maximum atomic E-state index is 6.28. The molecule has 0 bridgehead atoms. The first-order chi connectivity index (χ1) is 10.2. The second-order valence-electron chi connectivity index (χ2n) is 5.21. The van der Waals surface area contributed by atoms with Gasteiger partial charge in [0.15, 0.2) is 0 Å². The van der Waals surface area contributed by atoms with Gasteiger partial charge in [-0.25, -0.2) is 0 Å². The lowest BCUT2D eigenvalue weighted by Crippen LogP contribution is -2.22. The van der Waals surface area contributed by atoms with E-state index in [1.165, 1.54) is 5.56 Å². The molecule has 0 saturated heterocycles. The van der Waals surface area contributed by atoms with Crippen LogP contribution in [0.25, 0.3) is 0 Å². The summed E-state index contributed by atoms with van der Waals surface area (Å²) in [5, 5.41) is 4.12. The van der Waals surface area contributed by atoms with E-state index < -0.39 is 0 Å². The van der Waals surface area contributed by atoms with Crippen molar-refractivity contribution in [3.63, 3.8) is 0 Å². The molecule has 2 rings (SSSR count). The fourth-order valence-electron chi connectivity index (χ4n) is 1.98. The standard InChI is InChI=1S/C17H21ClN2O/c1-13(2)20-12-15-16(18)4-3-5-17(15)21-11-8-14-6-9-19-10-7-14/h3-7,9-10,13,20H,8,11-12H2,1-2H3. The van der Waals surface area contributed by atoms with E-state index in [4.69, 9.17) is 16.3 Å². The molecule has 0 spiro atoms. The smallest absolute Gasteiger partial charge is 0.125 e. The van der Waals surface area contributed by atoms with Crippen molar-refractivity contribution < 1.29 is 4.74 Å². The zero-order chi connectivity index (χ0) is 15.1. The highest BCUT2D eigenvalue weighted by molar-refractivity contribution is 6.31. The lowest BCUT2D eigenvalue weighted by atomic mass is 10.2. The number of halogens is 1. The van der Waals surface area contributed by atoms with Crippen molar-refractivity contribution >= 4 is 11.6 Å². The Kier molecular flexibility index (Phi) is 6.03. The summed E-state index contributed by atoms with van der Waals surface area (Å²) in [5.41, 5.74) is 2.23. The third-order valence-electron chi connectivity index (χ3n) is 3.16. The van der Waals surface area contributed by atoms with Crippen molar-refractivity contribution in [2.24, 2.45) is 0 Å². The summed E-state index contributed by atoms with van der Waals surface area (Å²) >= 11 is 6.28. The molecule has 0 aliphatic rings. The predicted octanol–water partition coefficient (Wildman–Crippen LogP) is 3.85. The lowest BCUT2D eigenvalue weighted by Gasteiger charge is -2.15. The van der Waals surface area contributed by atoms with Crippen LogP contribution in [0.4, 0.5) is 0 Å². The van der Waals surface area contributed by atoms with E-state index in [1.807, 2.05) is 30.3 Å². The van der Waals surface area contributed by atoms with E-state index in [0.29, 0.717) is 19.2 Å². The monoisotopic (exact) mass is 304 g/mol. The van der Waals surface area contributed by atoms with Crippen LogP contribution in [0.15, 0.2) is 42.7 Å². The quantitative estimate of drug-likeness (QED) is 0.843. The number of hydrogen-bond donors (Lipinski definition) is 1. The van der Waals surface area contributed by atoms with Crippen molar-refractivity contribution in [3.8, 4) is 5.75 Å². The van der Waals surface area contributed by atoms with Gasteiger partial charge >= 0.3 is 0 Å². The Morgan fingerprint density at radius 3 is 2.67 bits per heavy atom. The summed E-state index contributed by atoms with van der Waals surface area (Å²) < 4.78 is 5.91. The fraction of sp³-hybridized carbons (Fsp3) is 0.353. The van der Waals surface area contributed by atoms with Crippen LogP contribution in [0.2, 0.25) is 5.02 Å². The number of nitrogens with one attached hydrogen (secondary N) is 1. The molecular weight excluding hydrogens is 284 g/mol. The topological polar surface area (TPSA) is 34.1 Å². The van der Waals surface area contributed by atoms with Crippen molar-refractivity contribution in [1.82, 2.24) is 10.3 Å². The van der Waals surface area contributed by atoms with Gasteiger partial charge < -0.3 is 10.1 Å². The van der Waals surface area contributed by atoms with Gasteiger partial charge in [0.1, 0.15) is 5.75 Å².